The average molecular weight is 543 g/mol. The fourth-order valence-corrected chi connectivity index (χ4v) is 5.01. The molecule has 2 aromatic rings. The highest BCUT2D eigenvalue weighted by Crippen LogP contribution is 2.36. The number of carbonyl (C=O) groups is 4. The number of carboxylic acid groups (broad SMARTS) is 1. The molecule has 3 amide bonds. The molecule has 4 N–H and O–H groups in total. The number of aliphatic hydroxyl groups is 1. The normalized spacial score (nSPS) is 20.7. The van der Waals surface area contributed by atoms with E-state index in [1.54, 1.807) is 30.3 Å². The molecule has 208 valence electrons. The topological polar surface area (TPSA) is 149 Å². The monoisotopic (exact) mass is 542 g/mol. The predicted molar refractivity (Wildman–Crippen MR) is 137 cm³/mol. The number of amides is 3. The summed E-state index contributed by atoms with van der Waals surface area (Å²) >= 11 is 0. The van der Waals surface area contributed by atoms with E-state index in [1.165, 1.54) is 18.9 Å². The van der Waals surface area contributed by atoms with Crippen LogP contribution >= 0.6 is 0 Å². The molecule has 0 spiro atoms. The Morgan fingerprint density at radius 3 is 2.62 bits per heavy atom. The Balaban J connectivity index is 0.00000112. The van der Waals surface area contributed by atoms with Crippen molar-refractivity contribution in [2.75, 3.05) is 31.6 Å². The number of imide groups is 1. The number of benzene rings is 2. The summed E-state index contributed by atoms with van der Waals surface area (Å²) in [6, 6.07) is 9.72. The first-order valence-electron chi connectivity index (χ1n) is 12.7. The second kappa shape index (κ2) is 12.2. The van der Waals surface area contributed by atoms with E-state index in [0.29, 0.717) is 34.7 Å². The van der Waals surface area contributed by atoms with Crippen molar-refractivity contribution in [2.24, 2.45) is 0 Å². The summed E-state index contributed by atoms with van der Waals surface area (Å²) in [6.07, 6.45) is 2.19. The SMILES string of the molecule is O=C1CCC(O)(N2Cc3c(NCc4cc(OCCN5CCCC5)ccc4F)cccc3C2=O)C(=O)N1.O=CO. The lowest BCUT2D eigenvalue weighted by Gasteiger charge is -2.37. The Morgan fingerprint density at radius 1 is 1.15 bits per heavy atom. The van der Waals surface area contributed by atoms with Crippen LogP contribution in [0.2, 0.25) is 0 Å². The molecule has 1 unspecified atom stereocenters. The van der Waals surface area contributed by atoms with Gasteiger partial charge in [-0.2, -0.15) is 0 Å². The zero-order valence-corrected chi connectivity index (χ0v) is 21.3. The molecule has 3 heterocycles. The molecule has 12 heteroatoms. The second-order valence-corrected chi connectivity index (χ2v) is 9.53. The molecule has 0 aromatic heterocycles. The fraction of sp³-hybridized carbons (Fsp3) is 0.407. The Kier molecular flexibility index (Phi) is 8.77. The van der Waals surface area contributed by atoms with Crippen LogP contribution < -0.4 is 15.4 Å². The summed E-state index contributed by atoms with van der Waals surface area (Å²) in [5.41, 5.74) is -0.152. The Bertz CT molecular complexity index is 1250. The van der Waals surface area contributed by atoms with Gasteiger partial charge in [0.05, 0.1) is 6.54 Å². The number of rotatable bonds is 8. The van der Waals surface area contributed by atoms with Crippen molar-refractivity contribution in [1.29, 1.82) is 0 Å². The van der Waals surface area contributed by atoms with Gasteiger partial charge < -0.3 is 20.3 Å². The molecule has 0 saturated carbocycles. The molecule has 2 fully saturated rings. The highest BCUT2D eigenvalue weighted by molar-refractivity contribution is 6.07. The minimum atomic E-state index is -2.10. The summed E-state index contributed by atoms with van der Waals surface area (Å²) < 4.78 is 20.4. The first-order chi connectivity index (χ1) is 18.8. The molecule has 0 radical (unpaired) electrons. The molecule has 2 saturated heterocycles. The predicted octanol–water partition coefficient (Wildman–Crippen LogP) is 1.69. The van der Waals surface area contributed by atoms with E-state index in [4.69, 9.17) is 14.6 Å². The van der Waals surface area contributed by atoms with Crippen LogP contribution in [0, 0.1) is 5.82 Å². The molecule has 3 aliphatic heterocycles. The van der Waals surface area contributed by atoms with E-state index in [-0.39, 0.29) is 38.2 Å². The maximum Gasteiger partial charge on any atom is 0.290 e. The molecule has 2 aromatic carbocycles. The summed E-state index contributed by atoms with van der Waals surface area (Å²) in [7, 11) is 0. The van der Waals surface area contributed by atoms with Gasteiger partial charge in [0, 0.05) is 48.3 Å². The molecule has 0 aliphatic carbocycles. The smallest absolute Gasteiger partial charge is 0.290 e. The first kappa shape index (κ1) is 28.0. The van der Waals surface area contributed by atoms with Crippen molar-refractivity contribution in [3.8, 4) is 5.75 Å². The van der Waals surface area contributed by atoms with E-state index < -0.39 is 23.4 Å². The van der Waals surface area contributed by atoms with Gasteiger partial charge in [0.1, 0.15) is 18.2 Å². The van der Waals surface area contributed by atoms with Crippen molar-refractivity contribution in [2.45, 2.75) is 44.5 Å². The maximum atomic E-state index is 14.5. The summed E-state index contributed by atoms with van der Waals surface area (Å²) in [5.74, 6) is -1.68. The lowest BCUT2D eigenvalue weighted by atomic mass is 10.00. The molecule has 11 nitrogen and oxygen atoms in total. The van der Waals surface area contributed by atoms with Gasteiger partial charge >= 0.3 is 0 Å². The van der Waals surface area contributed by atoms with Crippen LogP contribution in [0.1, 0.15) is 47.2 Å². The quantitative estimate of drug-likeness (QED) is 0.289. The number of halogens is 1. The standard InChI is InChI=1S/C26H29FN4O5.CH2O2/c27-21-7-6-18(36-13-12-30-10-1-2-11-30)14-17(21)15-28-22-5-3-4-19-20(22)16-31(24(19)33)26(35)9-8-23(32)29-25(26)34;2-1-3/h3-7,14,28,35H,1-2,8-13,15-16H2,(H,29,32,34);1H,(H,2,3). The zero-order valence-electron chi connectivity index (χ0n) is 21.3. The van der Waals surface area contributed by atoms with Gasteiger partial charge in [-0.1, -0.05) is 6.07 Å². The van der Waals surface area contributed by atoms with Crippen LogP contribution in [-0.4, -0.2) is 76.2 Å². The molecule has 3 aliphatic rings. The zero-order chi connectivity index (χ0) is 28.0. The maximum absolute atomic E-state index is 14.5. The number of nitrogens with zero attached hydrogens (tertiary/aromatic N) is 2. The number of nitrogens with one attached hydrogen (secondary N) is 2. The number of likely N-dealkylation sites (tertiary alicyclic amines) is 1. The summed E-state index contributed by atoms with van der Waals surface area (Å²) in [4.78, 5) is 48.7. The third-order valence-corrected chi connectivity index (χ3v) is 7.09. The minimum Gasteiger partial charge on any atom is -0.492 e. The number of ether oxygens (including phenoxy) is 1. The third-order valence-electron chi connectivity index (χ3n) is 7.09. The molecule has 39 heavy (non-hydrogen) atoms. The second-order valence-electron chi connectivity index (χ2n) is 9.53. The lowest BCUT2D eigenvalue weighted by Crippen LogP contribution is -2.63. The van der Waals surface area contributed by atoms with E-state index in [1.807, 2.05) is 0 Å². The number of fused-ring (bicyclic) bond motifs is 1. The van der Waals surface area contributed by atoms with Crippen LogP contribution in [0.15, 0.2) is 36.4 Å². The van der Waals surface area contributed by atoms with E-state index >= 15 is 0 Å². The van der Waals surface area contributed by atoms with Crippen molar-refractivity contribution in [3.63, 3.8) is 0 Å². The fourth-order valence-electron chi connectivity index (χ4n) is 5.01. The summed E-state index contributed by atoms with van der Waals surface area (Å²) in [5, 5.41) is 23.1. The number of carbonyl (C=O) groups excluding carboxylic acids is 3. The van der Waals surface area contributed by atoms with Crippen molar-refractivity contribution in [1.82, 2.24) is 15.1 Å². The van der Waals surface area contributed by atoms with Crippen molar-refractivity contribution < 1.29 is 38.5 Å². The highest BCUT2D eigenvalue weighted by Gasteiger charge is 2.51. The van der Waals surface area contributed by atoms with Gasteiger partial charge in [-0.25, -0.2) is 4.39 Å². The van der Waals surface area contributed by atoms with E-state index in [0.717, 1.165) is 24.5 Å². The molecule has 5 rings (SSSR count). The highest BCUT2D eigenvalue weighted by atomic mass is 19.1. The van der Waals surface area contributed by atoms with Gasteiger partial charge in [-0.3, -0.25) is 34.3 Å². The van der Waals surface area contributed by atoms with Crippen LogP contribution in [0.25, 0.3) is 0 Å². The van der Waals surface area contributed by atoms with Gasteiger partial charge in [0.2, 0.25) is 11.6 Å². The average Bonchev–Trinajstić information content (AvgIpc) is 3.56. The number of hydrogen-bond donors (Lipinski definition) is 4. The van der Waals surface area contributed by atoms with Crippen LogP contribution in [0.4, 0.5) is 10.1 Å². The number of anilines is 1. The van der Waals surface area contributed by atoms with Gasteiger partial charge in [-0.15, -0.1) is 0 Å². The van der Waals surface area contributed by atoms with Gasteiger partial charge in [0.15, 0.2) is 0 Å². The van der Waals surface area contributed by atoms with E-state index in [9.17, 15) is 23.9 Å². The van der Waals surface area contributed by atoms with Gasteiger partial charge in [0.25, 0.3) is 18.3 Å². The Morgan fingerprint density at radius 2 is 1.90 bits per heavy atom. The molecule has 0 bridgehead atoms. The third kappa shape index (κ3) is 6.18. The number of piperidine rings is 1. The Hall–Kier alpha value is -4.03. The molecular formula is C27H31FN4O7. The molecule has 1 atom stereocenters. The number of hydrogen-bond acceptors (Lipinski definition) is 8. The Labute approximate surface area is 224 Å². The van der Waals surface area contributed by atoms with Crippen molar-refractivity contribution in [3.05, 3.63) is 58.9 Å². The first-order valence-corrected chi connectivity index (χ1v) is 12.7. The van der Waals surface area contributed by atoms with E-state index in [2.05, 4.69) is 15.5 Å². The van der Waals surface area contributed by atoms with Crippen LogP contribution in [-0.2, 0) is 27.5 Å². The van der Waals surface area contributed by atoms with Crippen molar-refractivity contribution >= 4 is 29.9 Å². The summed E-state index contributed by atoms with van der Waals surface area (Å²) in [6.45, 7) is 3.43. The van der Waals surface area contributed by atoms with Gasteiger partial charge in [-0.05, 0) is 56.3 Å². The van der Waals surface area contributed by atoms with Crippen LogP contribution in [0.5, 0.6) is 5.75 Å². The molecular weight excluding hydrogens is 511 g/mol. The minimum absolute atomic E-state index is 0.0163. The van der Waals surface area contributed by atoms with Crippen LogP contribution in [0.3, 0.4) is 0 Å². The largest absolute Gasteiger partial charge is 0.492 e. The lowest BCUT2D eigenvalue weighted by molar-refractivity contribution is -0.167.